The number of imide groups is 1. The summed E-state index contributed by atoms with van der Waals surface area (Å²) in [5.74, 6) is 0.0671. The third-order valence-corrected chi connectivity index (χ3v) is 4.77. The van der Waals surface area contributed by atoms with Gasteiger partial charge in [-0.05, 0) is 36.5 Å². The Morgan fingerprint density at radius 2 is 1.68 bits per heavy atom. The zero-order valence-electron chi connectivity index (χ0n) is 10.1. The Labute approximate surface area is 115 Å². The molecule has 3 aliphatic rings. The quantitative estimate of drug-likeness (QED) is 0.583. The summed E-state index contributed by atoms with van der Waals surface area (Å²) in [6.07, 6.45) is 5.15. The number of carbonyl (C=O) groups is 2. The van der Waals surface area contributed by atoms with Crippen molar-refractivity contribution in [2.45, 2.75) is 6.42 Å². The smallest absolute Gasteiger partial charge is 0.238 e. The molecule has 4 heteroatoms. The van der Waals surface area contributed by atoms with Crippen molar-refractivity contribution in [1.82, 2.24) is 0 Å². The molecule has 3 nitrogen and oxygen atoms in total. The maximum Gasteiger partial charge on any atom is 0.238 e. The maximum atomic E-state index is 12.5. The fourth-order valence-electron chi connectivity index (χ4n) is 3.77. The third-order valence-electron chi connectivity index (χ3n) is 4.54. The molecule has 2 fully saturated rings. The van der Waals surface area contributed by atoms with Gasteiger partial charge in [0.05, 0.1) is 17.5 Å². The van der Waals surface area contributed by atoms with Gasteiger partial charge >= 0.3 is 0 Å². The molecule has 0 aromatic heterocycles. The SMILES string of the molecule is O=C1[C@@H]2[C@@H](C(=O)N1c1cccc(Cl)c1)[C@H]1C=C[C@@H]2C1. The number of anilines is 1. The molecule has 0 N–H and O–H groups in total. The van der Waals surface area contributed by atoms with Gasteiger partial charge in [0, 0.05) is 5.02 Å². The topological polar surface area (TPSA) is 37.4 Å². The van der Waals surface area contributed by atoms with Gasteiger partial charge in [-0.2, -0.15) is 0 Å². The van der Waals surface area contributed by atoms with E-state index in [1.165, 1.54) is 4.90 Å². The highest BCUT2D eigenvalue weighted by Gasteiger charge is 2.59. The molecule has 1 aliphatic heterocycles. The number of nitrogens with zero attached hydrogens (tertiary/aromatic N) is 1. The fourth-order valence-corrected chi connectivity index (χ4v) is 3.96. The van der Waals surface area contributed by atoms with Crippen molar-refractivity contribution in [1.29, 1.82) is 0 Å². The zero-order chi connectivity index (χ0) is 13.1. The molecular weight excluding hydrogens is 262 g/mol. The zero-order valence-corrected chi connectivity index (χ0v) is 10.9. The minimum Gasteiger partial charge on any atom is -0.274 e. The first-order chi connectivity index (χ1) is 9.16. The Morgan fingerprint density at radius 1 is 1.05 bits per heavy atom. The minimum absolute atomic E-state index is 0.0610. The second kappa shape index (κ2) is 3.70. The molecule has 0 radical (unpaired) electrons. The molecule has 19 heavy (non-hydrogen) atoms. The van der Waals surface area contributed by atoms with Crippen molar-refractivity contribution in [3.05, 3.63) is 41.4 Å². The highest BCUT2D eigenvalue weighted by Crippen LogP contribution is 2.53. The predicted octanol–water partition coefficient (Wildman–Crippen LogP) is 2.65. The van der Waals surface area contributed by atoms with Crippen LogP contribution in [0.25, 0.3) is 0 Å². The van der Waals surface area contributed by atoms with E-state index in [2.05, 4.69) is 12.2 Å². The molecule has 0 spiro atoms. The summed E-state index contributed by atoms with van der Waals surface area (Å²) < 4.78 is 0. The number of benzene rings is 1. The van der Waals surface area contributed by atoms with E-state index in [4.69, 9.17) is 11.6 Å². The van der Waals surface area contributed by atoms with E-state index in [1.54, 1.807) is 24.3 Å². The summed E-state index contributed by atoms with van der Waals surface area (Å²) in [6.45, 7) is 0. The average molecular weight is 274 g/mol. The second-order valence-corrected chi connectivity index (χ2v) is 5.93. The van der Waals surface area contributed by atoms with Crippen LogP contribution in [0.4, 0.5) is 5.69 Å². The molecule has 4 rings (SSSR count). The summed E-state index contributed by atoms with van der Waals surface area (Å²) in [5.41, 5.74) is 0.594. The van der Waals surface area contributed by atoms with Gasteiger partial charge in [0.1, 0.15) is 0 Å². The van der Waals surface area contributed by atoms with Crippen molar-refractivity contribution in [3.8, 4) is 0 Å². The van der Waals surface area contributed by atoms with Crippen LogP contribution in [0, 0.1) is 23.7 Å². The number of halogens is 1. The molecule has 2 amide bonds. The Balaban J connectivity index is 1.77. The lowest BCUT2D eigenvalue weighted by atomic mass is 9.85. The van der Waals surface area contributed by atoms with Gasteiger partial charge in [-0.25, -0.2) is 4.90 Å². The van der Waals surface area contributed by atoms with Gasteiger partial charge in [-0.3, -0.25) is 9.59 Å². The first kappa shape index (κ1) is 11.2. The third kappa shape index (κ3) is 1.39. The monoisotopic (exact) mass is 273 g/mol. The molecule has 1 heterocycles. The minimum atomic E-state index is -0.151. The molecule has 4 atom stereocenters. The number of allylic oxidation sites excluding steroid dienone is 2. The molecule has 1 saturated carbocycles. The van der Waals surface area contributed by atoms with Crippen molar-refractivity contribution in [3.63, 3.8) is 0 Å². The summed E-state index contributed by atoms with van der Waals surface area (Å²) in [4.78, 5) is 26.4. The molecule has 1 aromatic rings. The van der Waals surface area contributed by atoms with E-state index in [9.17, 15) is 9.59 Å². The van der Waals surface area contributed by atoms with Crippen LogP contribution in [0.2, 0.25) is 5.02 Å². The van der Waals surface area contributed by atoms with Crippen molar-refractivity contribution >= 4 is 29.1 Å². The fraction of sp³-hybridized carbons (Fsp3) is 0.333. The molecule has 0 unspecified atom stereocenters. The molecule has 2 aliphatic carbocycles. The molecular formula is C15H12ClNO2. The predicted molar refractivity (Wildman–Crippen MR) is 71.7 cm³/mol. The Kier molecular flexibility index (Phi) is 2.19. The van der Waals surface area contributed by atoms with Gasteiger partial charge < -0.3 is 0 Å². The first-order valence-electron chi connectivity index (χ1n) is 6.48. The lowest BCUT2D eigenvalue weighted by Crippen LogP contribution is -2.32. The maximum absolute atomic E-state index is 12.5. The van der Waals surface area contributed by atoms with E-state index in [0.29, 0.717) is 10.7 Å². The number of hydrogen-bond acceptors (Lipinski definition) is 2. The van der Waals surface area contributed by atoms with E-state index in [0.717, 1.165) is 6.42 Å². The van der Waals surface area contributed by atoms with Crippen molar-refractivity contribution < 1.29 is 9.59 Å². The largest absolute Gasteiger partial charge is 0.274 e. The van der Waals surface area contributed by atoms with E-state index in [1.807, 2.05) is 0 Å². The second-order valence-electron chi connectivity index (χ2n) is 5.49. The normalized spacial score (nSPS) is 35.3. The van der Waals surface area contributed by atoms with Crippen LogP contribution in [-0.2, 0) is 9.59 Å². The number of amides is 2. The van der Waals surface area contributed by atoms with Crippen molar-refractivity contribution in [2.24, 2.45) is 23.7 Å². The average Bonchev–Trinajstić information content (AvgIpc) is 3.04. The van der Waals surface area contributed by atoms with Gasteiger partial charge in [-0.15, -0.1) is 0 Å². The lowest BCUT2D eigenvalue weighted by molar-refractivity contribution is -0.123. The Bertz CT molecular complexity index is 594. The van der Waals surface area contributed by atoms with Crippen LogP contribution >= 0.6 is 11.6 Å². The van der Waals surface area contributed by atoms with Gasteiger partial charge in [0.15, 0.2) is 0 Å². The van der Waals surface area contributed by atoms with Crippen LogP contribution in [0.15, 0.2) is 36.4 Å². The van der Waals surface area contributed by atoms with Gasteiger partial charge in [0.2, 0.25) is 11.8 Å². The Morgan fingerprint density at radius 3 is 2.26 bits per heavy atom. The van der Waals surface area contributed by atoms with E-state index in [-0.39, 0.29) is 35.5 Å². The molecule has 96 valence electrons. The van der Waals surface area contributed by atoms with Crippen LogP contribution < -0.4 is 4.90 Å². The first-order valence-corrected chi connectivity index (χ1v) is 6.86. The molecule has 2 bridgehead atoms. The number of hydrogen-bond donors (Lipinski definition) is 0. The van der Waals surface area contributed by atoms with Gasteiger partial charge in [0.25, 0.3) is 0 Å². The van der Waals surface area contributed by atoms with Crippen molar-refractivity contribution in [2.75, 3.05) is 4.90 Å². The number of rotatable bonds is 1. The highest BCUT2D eigenvalue weighted by molar-refractivity contribution is 6.31. The van der Waals surface area contributed by atoms with E-state index >= 15 is 0 Å². The Hall–Kier alpha value is -1.61. The van der Waals surface area contributed by atoms with Crippen LogP contribution in [0.3, 0.4) is 0 Å². The van der Waals surface area contributed by atoms with Gasteiger partial charge in [-0.1, -0.05) is 29.8 Å². The van der Waals surface area contributed by atoms with Crippen LogP contribution in [-0.4, -0.2) is 11.8 Å². The summed E-state index contributed by atoms with van der Waals surface area (Å²) in [6, 6.07) is 6.94. The molecule has 1 saturated heterocycles. The molecule has 1 aromatic carbocycles. The number of carbonyl (C=O) groups excluding carboxylic acids is 2. The van der Waals surface area contributed by atoms with Crippen LogP contribution in [0.1, 0.15) is 6.42 Å². The standard InChI is InChI=1S/C15H12ClNO2/c16-10-2-1-3-11(7-10)17-14(18)12-8-4-5-9(6-8)13(12)15(17)19/h1-5,7-9,12-13H,6H2/t8-,9+,12-,13-/m0/s1. The summed E-state index contributed by atoms with van der Waals surface area (Å²) in [7, 11) is 0. The summed E-state index contributed by atoms with van der Waals surface area (Å²) in [5, 5.41) is 0.538. The highest BCUT2D eigenvalue weighted by atomic mass is 35.5. The van der Waals surface area contributed by atoms with Crippen LogP contribution in [0.5, 0.6) is 0 Å². The van der Waals surface area contributed by atoms with E-state index < -0.39 is 0 Å². The summed E-state index contributed by atoms with van der Waals surface area (Å²) >= 11 is 5.95. The number of fused-ring (bicyclic) bond motifs is 5. The lowest BCUT2D eigenvalue weighted by Gasteiger charge is -2.17.